The van der Waals surface area contributed by atoms with Gasteiger partial charge in [-0.2, -0.15) is 0 Å². The number of para-hydroxylation sites is 1. The number of carbonyl (C=O) groups is 1. The number of pyridine rings is 1. The minimum Gasteiger partial charge on any atom is -0.330 e. The zero-order chi connectivity index (χ0) is 18.7. The lowest BCUT2D eigenvalue weighted by atomic mass is 10.1. The van der Waals surface area contributed by atoms with Gasteiger partial charge >= 0.3 is 0 Å². The molecule has 7 nitrogen and oxygen atoms in total. The smallest absolute Gasteiger partial charge is 0.262 e. The second kappa shape index (κ2) is 7.36. The van der Waals surface area contributed by atoms with E-state index >= 15 is 0 Å². The molecule has 0 aliphatic heterocycles. The molecule has 0 saturated heterocycles. The number of nitrogens with zero attached hydrogens (tertiary/aromatic N) is 2. The van der Waals surface area contributed by atoms with Gasteiger partial charge in [-0.05, 0) is 36.7 Å². The van der Waals surface area contributed by atoms with E-state index in [1.807, 2.05) is 30.5 Å². The van der Waals surface area contributed by atoms with Crippen molar-refractivity contribution in [3.8, 4) is 0 Å². The van der Waals surface area contributed by atoms with Crippen LogP contribution in [0.15, 0.2) is 48.8 Å². The molecule has 2 aromatic heterocycles. The number of carbonyl (C=O) groups excluding carboxylic acids is 1. The van der Waals surface area contributed by atoms with Crippen molar-refractivity contribution in [3.63, 3.8) is 0 Å². The van der Waals surface area contributed by atoms with E-state index < -0.39 is 10.0 Å². The molecule has 26 heavy (non-hydrogen) atoms. The largest absolute Gasteiger partial charge is 0.330 e. The summed E-state index contributed by atoms with van der Waals surface area (Å²) in [6.45, 7) is 0.531. The Morgan fingerprint density at radius 2 is 2.04 bits per heavy atom. The van der Waals surface area contributed by atoms with E-state index in [4.69, 9.17) is 5.73 Å². The lowest BCUT2D eigenvalue weighted by Crippen LogP contribution is -2.22. The summed E-state index contributed by atoms with van der Waals surface area (Å²) in [7, 11) is -3.33. The molecule has 0 spiro atoms. The summed E-state index contributed by atoms with van der Waals surface area (Å²) in [6, 6.07) is 10.9. The Morgan fingerprint density at radius 3 is 2.77 bits per heavy atom. The molecule has 0 aliphatic rings. The number of benzene rings is 1. The van der Waals surface area contributed by atoms with Crippen molar-refractivity contribution in [2.45, 2.75) is 13.0 Å². The van der Waals surface area contributed by atoms with E-state index in [2.05, 4.69) is 9.71 Å². The summed E-state index contributed by atoms with van der Waals surface area (Å²) in [4.78, 5) is 17.1. The van der Waals surface area contributed by atoms with Crippen molar-refractivity contribution in [3.05, 3.63) is 65.6 Å². The van der Waals surface area contributed by atoms with Crippen molar-refractivity contribution < 1.29 is 13.2 Å². The molecule has 136 valence electrons. The third-order valence-electron chi connectivity index (χ3n) is 4.01. The van der Waals surface area contributed by atoms with Gasteiger partial charge < -0.3 is 5.73 Å². The molecule has 1 aromatic carbocycles. The summed E-state index contributed by atoms with van der Waals surface area (Å²) in [5, 5.41) is 0.999. The Bertz CT molecular complexity index is 1060. The van der Waals surface area contributed by atoms with Crippen LogP contribution < -0.4 is 10.5 Å². The fourth-order valence-corrected chi connectivity index (χ4v) is 3.23. The predicted octanol–water partition coefficient (Wildman–Crippen LogP) is 1.28. The molecule has 0 amide bonds. The molecule has 2 heterocycles. The van der Waals surface area contributed by atoms with Gasteiger partial charge in [0.2, 0.25) is 10.0 Å². The van der Waals surface area contributed by atoms with Crippen molar-refractivity contribution >= 4 is 26.8 Å². The maximum atomic E-state index is 13.0. The van der Waals surface area contributed by atoms with Gasteiger partial charge in [0.1, 0.15) is 0 Å². The van der Waals surface area contributed by atoms with Crippen LogP contribution in [0.25, 0.3) is 10.9 Å². The SMILES string of the molecule is CS(=O)(=O)NCc1cc(C(=O)n2cc(CCN)c3ccccc32)ccn1. The van der Waals surface area contributed by atoms with Crippen molar-refractivity contribution in [1.82, 2.24) is 14.3 Å². The summed E-state index contributed by atoms with van der Waals surface area (Å²) >= 11 is 0. The maximum Gasteiger partial charge on any atom is 0.262 e. The maximum absolute atomic E-state index is 13.0. The predicted molar refractivity (Wildman–Crippen MR) is 100 cm³/mol. The van der Waals surface area contributed by atoms with Crippen molar-refractivity contribution in [2.75, 3.05) is 12.8 Å². The highest BCUT2D eigenvalue weighted by Gasteiger charge is 2.15. The Kier molecular flexibility index (Phi) is 5.17. The lowest BCUT2D eigenvalue weighted by Gasteiger charge is -2.06. The molecule has 3 N–H and O–H groups in total. The number of rotatable bonds is 6. The number of sulfonamides is 1. The first-order valence-electron chi connectivity index (χ1n) is 8.12. The van der Waals surface area contributed by atoms with Gasteiger partial charge in [-0.1, -0.05) is 18.2 Å². The normalized spacial score (nSPS) is 11.8. The average Bonchev–Trinajstić information content (AvgIpc) is 2.98. The van der Waals surface area contributed by atoms with Gasteiger partial charge in [0.15, 0.2) is 0 Å². The molecular formula is C18H20N4O3S. The summed E-state index contributed by atoms with van der Waals surface area (Å²) in [5.74, 6) is -0.201. The number of nitrogens with two attached hydrogens (primary N) is 1. The van der Waals surface area contributed by atoms with E-state index in [-0.39, 0.29) is 12.5 Å². The van der Waals surface area contributed by atoms with E-state index in [0.717, 1.165) is 22.7 Å². The Balaban J connectivity index is 1.96. The van der Waals surface area contributed by atoms with Crippen LogP contribution >= 0.6 is 0 Å². The Hall–Kier alpha value is -2.55. The Labute approximate surface area is 151 Å². The van der Waals surface area contributed by atoms with E-state index in [9.17, 15) is 13.2 Å². The van der Waals surface area contributed by atoms with E-state index in [1.165, 1.54) is 6.20 Å². The minimum atomic E-state index is -3.33. The van der Waals surface area contributed by atoms with E-state index in [0.29, 0.717) is 24.2 Å². The number of hydrogen-bond acceptors (Lipinski definition) is 5. The molecular weight excluding hydrogens is 352 g/mol. The second-order valence-electron chi connectivity index (χ2n) is 6.01. The topological polar surface area (TPSA) is 107 Å². The van der Waals surface area contributed by atoms with Gasteiger partial charge in [0.25, 0.3) is 5.91 Å². The van der Waals surface area contributed by atoms with Crippen LogP contribution in [0.2, 0.25) is 0 Å². The molecule has 0 unspecified atom stereocenters. The summed E-state index contributed by atoms with van der Waals surface area (Å²) in [5.41, 5.74) is 8.42. The molecule has 0 saturated carbocycles. The van der Waals surface area contributed by atoms with Crippen LogP contribution in [0.4, 0.5) is 0 Å². The fourth-order valence-electron chi connectivity index (χ4n) is 2.82. The molecule has 0 radical (unpaired) electrons. The number of nitrogens with one attached hydrogen (secondary N) is 1. The number of aromatic nitrogens is 2. The summed E-state index contributed by atoms with van der Waals surface area (Å²) in [6.07, 6.45) is 5.07. The Morgan fingerprint density at radius 1 is 1.27 bits per heavy atom. The van der Waals surface area contributed by atoms with Crippen LogP contribution in [0.5, 0.6) is 0 Å². The molecule has 0 aliphatic carbocycles. The van der Waals surface area contributed by atoms with Crippen LogP contribution in [-0.4, -0.2) is 36.7 Å². The van der Waals surface area contributed by atoms with Crippen LogP contribution in [0.1, 0.15) is 21.6 Å². The quantitative estimate of drug-likeness (QED) is 0.678. The molecule has 8 heteroatoms. The molecule has 0 fully saturated rings. The molecule has 3 rings (SSSR count). The highest BCUT2D eigenvalue weighted by Crippen LogP contribution is 2.22. The highest BCUT2D eigenvalue weighted by molar-refractivity contribution is 7.88. The highest BCUT2D eigenvalue weighted by atomic mass is 32.2. The van der Waals surface area contributed by atoms with Gasteiger partial charge in [0, 0.05) is 23.3 Å². The molecule has 0 bridgehead atoms. The van der Waals surface area contributed by atoms with Gasteiger partial charge in [0.05, 0.1) is 24.0 Å². The zero-order valence-electron chi connectivity index (χ0n) is 14.3. The van der Waals surface area contributed by atoms with Gasteiger partial charge in [-0.25, -0.2) is 13.1 Å². The monoisotopic (exact) mass is 372 g/mol. The molecule has 3 aromatic rings. The van der Waals surface area contributed by atoms with E-state index in [1.54, 1.807) is 16.7 Å². The third kappa shape index (κ3) is 3.98. The van der Waals surface area contributed by atoms with Gasteiger partial charge in [-0.3, -0.25) is 14.3 Å². The first-order chi connectivity index (χ1) is 12.4. The van der Waals surface area contributed by atoms with Crippen LogP contribution in [0, 0.1) is 0 Å². The summed E-state index contributed by atoms with van der Waals surface area (Å²) < 4.78 is 26.4. The van der Waals surface area contributed by atoms with Crippen molar-refractivity contribution in [1.29, 1.82) is 0 Å². The van der Waals surface area contributed by atoms with Crippen LogP contribution in [-0.2, 0) is 23.0 Å². The second-order valence-corrected chi connectivity index (χ2v) is 7.85. The fraction of sp³-hybridized carbons (Fsp3) is 0.222. The van der Waals surface area contributed by atoms with Crippen LogP contribution in [0.3, 0.4) is 0 Å². The lowest BCUT2D eigenvalue weighted by molar-refractivity contribution is 0.0964. The average molecular weight is 372 g/mol. The number of hydrogen-bond donors (Lipinski definition) is 2. The third-order valence-corrected chi connectivity index (χ3v) is 4.67. The van der Waals surface area contributed by atoms with Crippen molar-refractivity contribution in [2.24, 2.45) is 5.73 Å². The molecule has 0 atom stereocenters. The first kappa shape index (κ1) is 18.2. The first-order valence-corrected chi connectivity index (χ1v) is 10.0. The zero-order valence-corrected chi connectivity index (χ0v) is 15.2. The minimum absolute atomic E-state index is 0.0325. The van der Waals surface area contributed by atoms with Gasteiger partial charge in [-0.15, -0.1) is 0 Å². The number of fused-ring (bicyclic) bond motifs is 1. The standard InChI is InChI=1S/C18H20N4O3S/c1-26(24,25)21-11-15-10-13(7-9-20-15)18(23)22-12-14(6-8-19)16-4-2-3-5-17(16)22/h2-5,7,9-10,12,21H,6,8,11,19H2,1H3.